The van der Waals surface area contributed by atoms with Crippen LogP contribution in [0.25, 0.3) is 0 Å². The van der Waals surface area contributed by atoms with Gasteiger partial charge in [-0.2, -0.15) is 0 Å². The molecule has 7 heteroatoms. The zero-order chi connectivity index (χ0) is 14.4. The van der Waals surface area contributed by atoms with Gasteiger partial charge in [0, 0.05) is 30.4 Å². The Morgan fingerprint density at radius 2 is 2.25 bits per heavy atom. The van der Waals surface area contributed by atoms with Gasteiger partial charge in [0.25, 0.3) is 5.91 Å². The molecular formula is C13H13Cl2N3O2. The molecule has 0 saturated carbocycles. The molecule has 5 nitrogen and oxygen atoms in total. The molecule has 0 saturated heterocycles. The number of halogens is 2. The van der Waals surface area contributed by atoms with Gasteiger partial charge < -0.3 is 15.0 Å². The molecule has 2 aromatic rings. The molecule has 20 heavy (non-hydrogen) atoms. The lowest BCUT2D eigenvalue weighted by molar-refractivity contribution is -0.123. The molecule has 0 atom stereocenters. The topological polar surface area (TPSA) is 67.0 Å². The fourth-order valence-electron chi connectivity index (χ4n) is 1.54. The van der Waals surface area contributed by atoms with Crippen LogP contribution in [0, 0.1) is 0 Å². The van der Waals surface area contributed by atoms with E-state index in [1.165, 1.54) is 0 Å². The molecule has 0 unspecified atom stereocenters. The summed E-state index contributed by atoms with van der Waals surface area (Å²) in [6.45, 7) is 0.392. The monoisotopic (exact) mass is 313 g/mol. The average molecular weight is 314 g/mol. The highest BCUT2D eigenvalue weighted by atomic mass is 35.5. The number of ether oxygens (including phenoxy) is 1. The summed E-state index contributed by atoms with van der Waals surface area (Å²) in [6.07, 6.45) is 4.05. The lowest BCUT2D eigenvalue weighted by atomic mass is 10.3. The van der Waals surface area contributed by atoms with Crippen LogP contribution in [0.15, 0.2) is 30.6 Å². The number of imidazole rings is 1. The van der Waals surface area contributed by atoms with Gasteiger partial charge in [0.15, 0.2) is 6.61 Å². The first-order valence-corrected chi connectivity index (χ1v) is 6.73. The first kappa shape index (κ1) is 14.7. The number of hydrogen-bond acceptors (Lipinski definition) is 3. The number of aromatic amines is 1. The first-order chi connectivity index (χ1) is 9.65. The number of hydrogen-bond donors (Lipinski definition) is 2. The molecular weight excluding hydrogens is 301 g/mol. The van der Waals surface area contributed by atoms with Crippen LogP contribution < -0.4 is 10.1 Å². The van der Waals surface area contributed by atoms with Crippen molar-refractivity contribution >= 4 is 29.1 Å². The maximum Gasteiger partial charge on any atom is 0.257 e. The Bertz CT molecular complexity index is 573. The number of benzene rings is 1. The molecule has 0 bridgehead atoms. The van der Waals surface area contributed by atoms with Gasteiger partial charge in [0.05, 0.1) is 5.02 Å². The summed E-state index contributed by atoms with van der Waals surface area (Å²) >= 11 is 11.7. The average Bonchev–Trinajstić information content (AvgIpc) is 2.91. The molecule has 1 amide bonds. The van der Waals surface area contributed by atoms with Gasteiger partial charge in [0.2, 0.25) is 0 Å². The van der Waals surface area contributed by atoms with Crippen molar-refractivity contribution in [2.24, 2.45) is 0 Å². The normalized spacial score (nSPS) is 10.3. The third-order valence-corrected chi connectivity index (χ3v) is 3.02. The lowest BCUT2D eigenvalue weighted by Gasteiger charge is -2.08. The Balaban J connectivity index is 1.72. The van der Waals surface area contributed by atoms with Gasteiger partial charge in [-0.05, 0) is 18.2 Å². The van der Waals surface area contributed by atoms with Gasteiger partial charge in [-0.1, -0.05) is 23.2 Å². The van der Waals surface area contributed by atoms with Gasteiger partial charge in [-0.3, -0.25) is 4.79 Å². The minimum atomic E-state index is -0.220. The van der Waals surface area contributed by atoms with E-state index in [0.29, 0.717) is 28.8 Å². The second-order valence-electron chi connectivity index (χ2n) is 4.00. The van der Waals surface area contributed by atoms with E-state index < -0.39 is 0 Å². The molecule has 2 rings (SSSR count). The van der Waals surface area contributed by atoms with E-state index in [4.69, 9.17) is 27.9 Å². The molecule has 0 aliphatic rings. The van der Waals surface area contributed by atoms with E-state index in [0.717, 1.165) is 5.82 Å². The van der Waals surface area contributed by atoms with Gasteiger partial charge in [0.1, 0.15) is 11.6 Å². The fourth-order valence-corrected chi connectivity index (χ4v) is 2.00. The van der Waals surface area contributed by atoms with Crippen LogP contribution in [0.2, 0.25) is 10.0 Å². The highest BCUT2D eigenvalue weighted by Crippen LogP contribution is 2.27. The van der Waals surface area contributed by atoms with E-state index in [2.05, 4.69) is 15.3 Å². The number of carbonyl (C=O) groups excluding carboxylic acids is 1. The van der Waals surface area contributed by atoms with E-state index in [1.807, 2.05) is 0 Å². The number of rotatable bonds is 6. The minimum absolute atomic E-state index is 0.0977. The highest BCUT2D eigenvalue weighted by Gasteiger charge is 2.06. The van der Waals surface area contributed by atoms with Crippen LogP contribution in [0.4, 0.5) is 0 Å². The van der Waals surface area contributed by atoms with Crippen LogP contribution in [-0.2, 0) is 11.2 Å². The maximum atomic E-state index is 11.6. The fraction of sp³-hybridized carbons (Fsp3) is 0.231. The van der Waals surface area contributed by atoms with Crippen LogP contribution in [-0.4, -0.2) is 29.0 Å². The van der Waals surface area contributed by atoms with Crippen molar-refractivity contribution in [3.05, 3.63) is 46.5 Å². The second kappa shape index (κ2) is 7.17. The summed E-state index contributed by atoms with van der Waals surface area (Å²) in [6, 6.07) is 4.84. The van der Waals surface area contributed by atoms with Gasteiger partial charge in [-0.25, -0.2) is 4.98 Å². The number of nitrogens with zero attached hydrogens (tertiary/aromatic N) is 1. The Morgan fingerprint density at radius 1 is 1.40 bits per heavy atom. The molecule has 1 aromatic carbocycles. The summed E-state index contributed by atoms with van der Waals surface area (Å²) in [5.74, 6) is 1.03. The molecule has 2 N–H and O–H groups in total. The van der Waals surface area contributed by atoms with Crippen molar-refractivity contribution in [1.29, 1.82) is 0 Å². The maximum absolute atomic E-state index is 11.6. The van der Waals surface area contributed by atoms with Crippen LogP contribution >= 0.6 is 23.2 Å². The van der Waals surface area contributed by atoms with Gasteiger partial charge in [-0.15, -0.1) is 0 Å². The van der Waals surface area contributed by atoms with Crippen molar-refractivity contribution in [2.45, 2.75) is 6.42 Å². The summed E-state index contributed by atoms with van der Waals surface area (Å²) < 4.78 is 5.32. The standard InChI is InChI=1S/C13H13Cl2N3O2/c14-9-1-2-11(10(15)7-9)20-8-13(19)18-4-3-12-16-5-6-17-12/h1-2,5-7H,3-4,8H2,(H,16,17)(H,18,19). The molecule has 0 spiro atoms. The van der Waals surface area contributed by atoms with Gasteiger partial charge >= 0.3 is 0 Å². The van der Waals surface area contributed by atoms with Crippen molar-refractivity contribution < 1.29 is 9.53 Å². The Labute approximate surface area is 126 Å². The molecule has 0 fully saturated rings. The van der Waals surface area contributed by atoms with Crippen LogP contribution in [0.3, 0.4) is 0 Å². The zero-order valence-electron chi connectivity index (χ0n) is 10.5. The second-order valence-corrected chi connectivity index (χ2v) is 4.84. The number of H-pyrrole nitrogens is 1. The third kappa shape index (κ3) is 4.43. The lowest BCUT2D eigenvalue weighted by Crippen LogP contribution is -2.30. The summed E-state index contributed by atoms with van der Waals surface area (Å²) in [4.78, 5) is 18.6. The highest BCUT2D eigenvalue weighted by molar-refractivity contribution is 6.35. The van der Waals surface area contributed by atoms with E-state index in [-0.39, 0.29) is 12.5 Å². The van der Waals surface area contributed by atoms with E-state index in [9.17, 15) is 4.79 Å². The first-order valence-electron chi connectivity index (χ1n) is 5.98. The number of amides is 1. The SMILES string of the molecule is O=C(COc1ccc(Cl)cc1Cl)NCCc1ncc[nH]1. The third-order valence-electron chi connectivity index (χ3n) is 2.49. The zero-order valence-corrected chi connectivity index (χ0v) is 12.0. The molecule has 106 valence electrons. The number of carbonyl (C=O) groups is 1. The quantitative estimate of drug-likeness (QED) is 0.861. The van der Waals surface area contributed by atoms with Crippen LogP contribution in [0.1, 0.15) is 5.82 Å². The minimum Gasteiger partial charge on any atom is -0.482 e. The Kier molecular flexibility index (Phi) is 5.26. The van der Waals surface area contributed by atoms with Crippen molar-refractivity contribution in [2.75, 3.05) is 13.2 Å². The smallest absolute Gasteiger partial charge is 0.257 e. The summed E-state index contributed by atoms with van der Waals surface area (Å²) in [5, 5.41) is 3.62. The summed E-state index contributed by atoms with van der Waals surface area (Å²) in [5.41, 5.74) is 0. The number of nitrogens with one attached hydrogen (secondary N) is 2. The predicted molar refractivity (Wildman–Crippen MR) is 77.3 cm³/mol. The molecule has 1 heterocycles. The number of aromatic nitrogens is 2. The molecule has 0 radical (unpaired) electrons. The Morgan fingerprint density at radius 3 is 2.95 bits per heavy atom. The van der Waals surface area contributed by atoms with E-state index in [1.54, 1.807) is 30.6 Å². The van der Waals surface area contributed by atoms with Crippen molar-refractivity contribution in [1.82, 2.24) is 15.3 Å². The largest absolute Gasteiger partial charge is 0.482 e. The van der Waals surface area contributed by atoms with Crippen LogP contribution in [0.5, 0.6) is 5.75 Å². The Hall–Kier alpha value is -1.72. The van der Waals surface area contributed by atoms with E-state index >= 15 is 0 Å². The summed E-state index contributed by atoms with van der Waals surface area (Å²) in [7, 11) is 0. The van der Waals surface area contributed by atoms with Crippen molar-refractivity contribution in [3.63, 3.8) is 0 Å². The molecule has 0 aliphatic heterocycles. The molecule has 0 aliphatic carbocycles. The molecule has 1 aromatic heterocycles. The van der Waals surface area contributed by atoms with Crippen molar-refractivity contribution in [3.8, 4) is 5.75 Å². The predicted octanol–water partition coefficient (Wildman–Crippen LogP) is 2.45.